The van der Waals surface area contributed by atoms with E-state index in [9.17, 15) is 48.3 Å². The van der Waals surface area contributed by atoms with Crippen LogP contribution < -0.4 is 31.5 Å². The lowest BCUT2D eigenvalue weighted by atomic mass is 9.83. The van der Waals surface area contributed by atoms with Gasteiger partial charge in [-0.3, -0.25) is 38.5 Å². The van der Waals surface area contributed by atoms with Crippen molar-refractivity contribution in [3.63, 3.8) is 0 Å². The lowest BCUT2D eigenvalue weighted by Gasteiger charge is -2.36. The zero-order valence-corrected chi connectivity index (χ0v) is 74.3. The number of fused-ring (bicyclic) bond motifs is 5. The van der Waals surface area contributed by atoms with Gasteiger partial charge in [0.25, 0.3) is 11.8 Å². The summed E-state index contributed by atoms with van der Waals surface area (Å²) in [4.78, 5) is 166. The van der Waals surface area contributed by atoms with Crippen molar-refractivity contribution in [3.05, 3.63) is 114 Å². The molecule has 1 saturated carbocycles. The fourth-order valence-corrected chi connectivity index (χ4v) is 17.3. The van der Waals surface area contributed by atoms with Crippen molar-refractivity contribution in [1.29, 1.82) is 0 Å². The molecule has 0 aromatic carbocycles. The van der Waals surface area contributed by atoms with Crippen molar-refractivity contribution in [2.45, 2.75) is 219 Å². The second-order valence-electron chi connectivity index (χ2n) is 34.5. The second kappa shape index (κ2) is 47.8. The van der Waals surface area contributed by atoms with Gasteiger partial charge in [0.15, 0.2) is 5.65 Å². The number of aryl methyl sites for hydroxylation is 1. The second-order valence-corrected chi connectivity index (χ2v) is 34.5. The number of carbonyl (C=O) groups excluding carboxylic acids is 9. The Morgan fingerprint density at radius 2 is 1.43 bits per heavy atom. The molecule has 2 unspecified atom stereocenters. The fourth-order valence-electron chi connectivity index (χ4n) is 17.3. The van der Waals surface area contributed by atoms with Crippen LogP contribution in [0, 0.1) is 23.7 Å². The van der Waals surface area contributed by atoms with Gasteiger partial charge in [0.1, 0.15) is 59.4 Å². The van der Waals surface area contributed by atoms with E-state index in [0.29, 0.717) is 188 Å². The van der Waals surface area contributed by atoms with Crippen molar-refractivity contribution in [2.75, 3.05) is 128 Å². The first-order valence-electron chi connectivity index (χ1n) is 45.4. The van der Waals surface area contributed by atoms with Gasteiger partial charge in [-0.25, -0.2) is 49.2 Å². The number of nitrogens with zero attached hydrogens (tertiary/aromatic N) is 14. The number of ether oxygens (including phenoxy) is 6. The van der Waals surface area contributed by atoms with Crippen LogP contribution in [-0.2, 0) is 75.1 Å². The number of piperidine rings is 1. The summed E-state index contributed by atoms with van der Waals surface area (Å²) in [6.45, 7) is 17.9. The molecule has 35 heteroatoms. The van der Waals surface area contributed by atoms with Crippen molar-refractivity contribution < 1.29 is 76.7 Å². The Morgan fingerprint density at radius 3 is 2.20 bits per heavy atom. The number of aromatic amines is 1. The fraction of sp³-hybridized carbons (Fsp3) is 0.598. The number of aromatic nitrogens is 10. The number of alkyl carbamates (subject to hydrolysis) is 1. The number of nitrogen functional groups attached to an aromatic ring is 1. The molecule has 11 heterocycles. The first kappa shape index (κ1) is 95.3. The number of methoxy groups -OCH3 is 1. The number of unbranched alkanes of at least 4 members (excludes halogenated alkanes) is 1. The van der Waals surface area contributed by atoms with Crippen molar-refractivity contribution in [1.82, 2.24) is 80.3 Å². The summed E-state index contributed by atoms with van der Waals surface area (Å²) in [5.74, 6) is -2.23. The number of Topliss-reactive ketones (excluding diaryl/α,β-unsaturated/α-hetero) is 3. The molecule has 5 aliphatic heterocycles. The highest BCUT2D eigenvalue weighted by Gasteiger charge is 2.42. The number of hydrogen-bond acceptors (Lipinski definition) is 28. The zero-order chi connectivity index (χ0) is 89.7. The molecular formula is C92H127N19O16. The Balaban J connectivity index is 0.489. The number of nitrogens with one attached hydrogen (secondary N) is 4. The summed E-state index contributed by atoms with van der Waals surface area (Å²) in [6.07, 6.45) is 27.9. The topological polar surface area (TPSA) is 431 Å². The number of aliphatic hydroxyl groups excluding tert-OH is 1. The van der Waals surface area contributed by atoms with E-state index in [4.69, 9.17) is 39.3 Å². The van der Waals surface area contributed by atoms with E-state index in [1.807, 2.05) is 84.0 Å². The van der Waals surface area contributed by atoms with Gasteiger partial charge in [-0.2, -0.15) is 5.10 Å². The van der Waals surface area contributed by atoms with Crippen molar-refractivity contribution >= 4 is 92.8 Å². The predicted molar refractivity (Wildman–Crippen MR) is 475 cm³/mol. The average molecular weight is 1760 g/mol. The number of ketones is 3. The number of piperazine rings is 2. The van der Waals surface area contributed by atoms with Crippen LogP contribution in [0.3, 0.4) is 0 Å². The largest absolute Gasteiger partial charge is 0.460 e. The molecule has 4 saturated heterocycles. The molecular weight excluding hydrogens is 1630 g/mol. The number of amides is 5. The van der Waals surface area contributed by atoms with Gasteiger partial charge < -0.3 is 79.8 Å². The van der Waals surface area contributed by atoms with E-state index in [1.54, 1.807) is 58.0 Å². The minimum absolute atomic E-state index is 0.0314. The van der Waals surface area contributed by atoms with E-state index in [2.05, 4.69) is 65.6 Å². The molecule has 1 aliphatic carbocycles. The highest BCUT2D eigenvalue weighted by molar-refractivity contribution is 6.38. The van der Waals surface area contributed by atoms with Crippen LogP contribution in [0.15, 0.2) is 103 Å². The number of esters is 1. The van der Waals surface area contributed by atoms with Gasteiger partial charge in [-0.15, -0.1) is 0 Å². The third-order valence-corrected chi connectivity index (χ3v) is 25.0. The Morgan fingerprint density at radius 1 is 0.693 bits per heavy atom. The molecule has 5 fully saturated rings. The van der Waals surface area contributed by atoms with Crippen LogP contribution in [0.1, 0.15) is 179 Å². The normalized spacial score (nSPS) is 25.3. The molecule has 7 N–H and O–H groups in total. The summed E-state index contributed by atoms with van der Waals surface area (Å²) >= 11 is 0. The number of anilines is 3. The number of allylic oxidation sites excluding steroid dienone is 6. The minimum atomic E-state index is -1.10. The van der Waals surface area contributed by atoms with Crippen LogP contribution in [0.5, 0.6) is 0 Å². The summed E-state index contributed by atoms with van der Waals surface area (Å²) in [7, 11) is 1.63. The van der Waals surface area contributed by atoms with Gasteiger partial charge in [0.05, 0.1) is 62.1 Å². The van der Waals surface area contributed by atoms with E-state index in [1.165, 1.54) is 11.2 Å². The standard InChI is InChI=1S/C92H127N19O16/c1-60-15-8-7-9-16-61(2)78(122-6)51-71-17-14-19-77(125-71)83(117)88(119)110-32-12-10-18-73(110)89(120)126-72(50-74(112)63(4)48-64(5)76(114)52-75(113)62(3)47-60)25-22-65-20-23-70(24-21-65)127-92(121)96-31-45-123-43-27-79(115)97-53-66-54-99-90(100-55-66)109-40-38-107(39-41-109)80(116)28-44-124-46-42-106-34-36-108(37-35-106)91-101-57-69(58-102-91)87(118)95-29-11-13-33-111-86-81(84(93)103-59-104-86)82(105-111)68-49-67-26-30-94-85(67)98-56-68/h7-9,15-16,26,30,48-49,54-60,62-63,65,70-73,76-78,114H,10-14,17-25,27-29,31-47,50-53H2,1-6H3,(H,94,98)(H,95,118)(H,96,121)(H,97,115)(H2,93,103,104)/b9-7+,15-8+,61-16+,64-48+/t60-,62-,63-,65-,70-,71?,72-,73+,76+,77?,78+/m1/s1. The number of cyclic esters (lactones) is 1. The Hall–Kier alpha value is -10.9. The number of carbonyl (C=O) groups is 9. The summed E-state index contributed by atoms with van der Waals surface area (Å²) < 4.78 is 37.7. The Labute approximate surface area is 742 Å². The van der Waals surface area contributed by atoms with Crippen LogP contribution in [0.4, 0.5) is 22.5 Å². The summed E-state index contributed by atoms with van der Waals surface area (Å²) in [5, 5.41) is 26.3. The van der Waals surface area contributed by atoms with Crippen LogP contribution in [0.2, 0.25) is 0 Å². The van der Waals surface area contributed by atoms with Gasteiger partial charge in [-0.1, -0.05) is 57.2 Å². The van der Waals surface area contributed by atoms with Gasteiger partial charge in [-0.05, 0) is 145 Å². The first-order valence-corrected chi connectivity index (χ1v) is 45.4. The van der Waals surface area contributed by atoms with Crippen LogP contribution in [-0.4, -0.2) is 277 Å². The monoisotopic (exact) mass is 1750 g/mol. The molecule has 127 heavy (non-hydrogen) atoms. The molecule has 6 aromatic rings. The predicted octanol–water partition coefficient (Wildman–Crippen LogP) is 8.51. The van der Waals surface area contributed by atoms with Gasteiger partial charge in [0.2, 0.25) is 29.5 Å². The number of pyridine rings is 1. The highest BCUT2D eigenvalue weighted by atomic mass is 16.6. The molecule has 6 aliphatic rings. The Bertz CT molecular complexity index is 4800. The molecule has 9 atom stereocenters. The third kappa shape index (κ3) is 27.8. The van der Waals surface area contributed by atoms with Crippen molar-refractivity contribution in [2.24, 2.45) is 23.7 Å². The van der Waals surface area contributed by atoms with E-state index >= 15 is 0 Å². The van der Waals surface area contributed by atoms with Crippen LogP contribution >= 0.6 is 0 Å². The molecule has 12 rings (SSSR count). The molecule has 2 bridgehead atoms. The van der Waals surface area contributed by atoms with E-state index in [-0.39, 0.29) is 130 Å². The molecule has 686 valence electrons. The minimum Gasteiger partial charge on any atom is -0.460 e. The zero-order valence-electron chi connectivity index (χ0n) is 74.3. The molecule has 0 radical (unpaired) electrons. The number of hydrogen-bond donors (Lipinski definition) is 6. The smallest absolute Gasteiger partial charge is 0.407 e. The lowest BCUT2D eigenvalue weighted by Crippen LogP contribution is -2.54. The Kier molecular flexibility index (Phi) is 35.9. The van der Waals surface area contributed by atoms with Gasteiger partial charge >= 0.3 is 12.1 Å². The lowest BCUT2D eigenvalue weighted by molar-refractivity contribution is -0.167. The SMILES string of the molecule is CO[C@H]1CC2CCCC(O2)C(=O)C(=O)N2CCCC[C@H]2C(=O)O[C@H](CC[C@H]2CC[C@H](OC(=O)NCCOCCC(=O)NCc3cnc(N4CCN(C(=O)CCOCCN5CCN(c6ncc(C(=O)NCCCCn7nc(-c8cnc9[nH]ccc9c8)c8c(N)ncnc87)cn6)CC5)CC4)nc3)CC2)CC(=O)[C@H](C)/C=C(\C)[C@@H](O)CC(=O)[C@H](C)C[C@H](C)/C=C/C=C/C=C/1C. The number of nitrogens with two attached hydrogens (primary N) is 1. The van der Waals surface area contributed by atoms with E-state index in [0.717, 1.165) is 66.9 Å². The van der Waals surface area contributed by atoms with E-state index < -0.39 is 54.0 Å². The maximum Gasteiger partial charge on any atom is 0.407 e. The number of rotatable bonds is 28. The average Bonchev–Trinajstić information content (AvgIpc) is 1.63. The third-order valence-electron chi connectivity index (χ3n) is 25.0. The van der Waals surface area contributed by atoms with Crippen molar-refractivity contribution in [3.8, 4) is 11.3 Å². The molecule has 6 aromatic heterocycles. The first-order chi connectivity index (χ1) is 61.5. The van der Waals surface area contributed by atoms with Gasteiger partial charge in [0, 0.05) is 190 Å². The molecule has 0 spiro atoms. The maximum absolute atomic E-state index is 14.4. The number of H-pyrrole nitrogens is 1. The number of aliphatic hydroxyl groups is 1. The molecule has 35 nitrogen and oxygen atoms in total. The highest BCUT2D eigenvalue weighted by Crippen LogP contribution is 2.35. The summed E-state index contributed by atoms with van der Waals surface area (Å²) in [5.41, 5.74) is 11.8. The maximum atomic E-state index is 14.4. The summed E-state index contributed by atoms with van der Waals surface area (Å²) in [6, 6.07) is 2.92. The quantitative estimate of drug-likeness (QED) is 0.0116. The molecule has 5 amide bonds. The van der Waals surface area contributed by atoms with Crippen LogP contribution in [0.25, 0.3) is 33.3 Å².